The molecule has 2 atom stereocenters. The van der Waals surface area contributed by atoms with Crippen LogP contribution in [-0.2, 0) is 4.79 Å². The van der Waals surface area contributed by atoms with Gasteiger partial charge in [0.05, 0.1) is 0 Å². The Bertz CT molecular complexity index is 686. The molecule has 1 aromatic carbocycles. The third-order valence-corrected chi connectivity index (χ3v) is 6.28. The summed E-state index contributed by atoms with van der Waals surface area (Å²) in [6.45, 7) is 12.0. The standard InChI is InChI=1S/C23H35N3O3/c1-17(2)24-12-14-25(15-13-24)23(28)20-8-10-21(11-9-20)29-16-22(27)26-18(3)6-5-7-19(26)4/h8-11,17-19H,5-7,12-16H2,1-4H3. The van der Waals surface area contributed by atoms with E-state index in [1.54, 1.807) is 24.3 Å². The molecule has 2 amide bonds. The average molecular weight is 402 g/mol. The lowest BCUT2D eigenvalue weighted by atomic mass is 9.97. The monoisotopic (exact) mass is 401 g/mol. The second kappa shape index (κ2) is 9.61. The molecule has 2 unspecified atom stereocenters. The fourth-order valence-corrected chi connectivity index (χ4v) is 4.45. The maximum absolute atomic E-state index is 12.7. The van der Waals surface area contributed by atoms with Crippen LogP contribution >= 0.6 is 0 Å². The maximum atomic E-state index is 12.7. The summed E-state index contributed by atoms with van der Waals surface area (Å²) < 4.78 is 5.72. The predicted molar refractivity (Wildman–Crippen MR) is 114 cm³/mol. The van der Waals surface area contributed by atoms with E-state index in [1.807, 2.05) is 9.80 Å². The lowest BCUT2D eigenvalue weighted by Crippen LogP contribution is -2.50. The molecule has 3 rings (SSSR count). The summed E-state index contributed by atoms with van der Waals surface area (Å²) in [4.78, 5) is 31.6. The van der Waals surface area contributed by atoms with Gasteiger partial charge in [-0.25, -0.2) is 0 Å². The number of hydrogen-bond donors (Lipinski definition) is 0. The van der Waals surface area contributed by atoms with Crippen LogP contribution < -0.4 is 4.74 Å². The van der Waals surface area contributed by atoms with Crippen LogP contribution in [0.5, 0.6) is 5.75 Å². The van der Waals surface area contributed by atoms with Crippen LogP contribution in [0.4, 0.5) is 0 Å². The van der Waals surface area contributed by atoms with E-state index < -0.39 is 0 Å². The molecule has 2 heterocycles. The number of nitrogens with zero attached hydrogens (tertiary/aromatic N) is 3. The number of piperidine rings is 1. The van der Waals surface area contributed by atoms with E-state index in [-0.39, 0.29) is 30.5 Å². The number of hydrogen-bond acceptors (Lipinski definition) is 4. The van der Waals surface area contributed by atoms with Gasteiger partial charge in [-0.15, -0.1) is 0 Å². The quantitative estimate of drug-likeness (QED) is 0.761. The highest BCUT2D eigenvalue weighted by Crippen LogP contribution is 2.23. The van der Waals surface area contributed by atoms with Gasteiger partial charge in [0, 0.05) is 49.9 Å². The number of piperazine rings is 1. The van der Waals surface area contributed by atoms with E-state index in [2.05, 4.69) is 32.6 Å². The van der Waals surface area contributed by atoms with Crippen molar-refractivity contribution in [2.24, 2.45) is 0 Å². The summed E-state index contributed by atoms with van der Waals surface area (Å²) in [7, 11) is 0. The second-order valence-corrected chi connectivity index (χ2v) is 8.66. The van der Waals surface area contributed by atoms with Crippen LogP contribution in [0, 0.1) is 0 Å². The largest absolute Gasteiger partial charge is 0.484 e. The van der Waals surface area contributed by atoms with Crippen molar-refractivity contribution in [2.75, 3.05) is 32.8 Å². The first-order chi connectivity index (χ1) is 13.9. The molecule has 0 bridgehead atoms. The van der Waals surface area contributed by atoms with Crippen molar-refractivity contribution in [1.82, 2.24) is 14.7 Å². The number of likely N-dealkylation sites (tertiary alicyclic amines) is 1. The average Bonchev–Trinajstić information content (AvgIpc) is 2.72. The van der Waals surface area contributed by atoms with Gasteiger partial charge in [-0.05, 0) is 71.2 Å². The summed E-state index contributed by atoms with van der Waals surface area (Å²) in [6.07, 6.45) is 3.28. The number of carbonyl (C=O) groups excluding carboxylic acids is 2. The van der Waals surface area contributed by atoms with Crippen molar-refractivity contribution in [3.05, 3.63) is 29.8 Å². The molecular weight excluding hydrogens is 366 g/mol. The van der Waals surface area contributed by atoms with Gasteiger partial charge in [-0.1, -0.05) is 0 Å². The Morgan fingerprint density at radius 3 is 2.14 bits per heavy atom. The highest BCUT2D eigenvalue weighted by Gasteiger charge is 2.29. The van der Waals surface area contributed by atoms with Crippen molar-refractivity contribution in [3.8, 4) is 5.75 Å². The van der Waals surface area contributed by atoms with Gasteiger partial charge in [-0.2, -0.15) is 0 Å². The van der Waals surface area contributed by atoms with Crippen LogP contribution in [0.15, 0.2) is 24.3 Å². The van der Waals surface area contributed by atoms with Crippen LogP contribution in [0.25, 0.3) is 0 Å². The van der Waals surface area contributed by atoms with Gasteiger partial charge in [0.25, 0.3) is 11.8 Å². The van der Waals surface area contributed by atoms with Gasteiger partial charge in [-0.3, -0.25) is 14.5 Å². The van der Waals surface area contributed by atoms with Crippen LogP contribution in [0.3, 0.4) is 0 Å². The van der Waals surface area contributed by atoms with Crippen molar-refractivity contribution in [1.29, 1.82) is 0 Å². The summed E-state index contributed by atoms with van der Waals surface area (Å²) in [5.41, 5.74) is 0.667. The molecule has 0 aliphatic carbocycles. The van der Waals surface area contributed by atoms with Crippen molar-refractivity contribution < 1.29 is 14.3 Å². The Labute approximate surface area is 174 Å². The highest BCUT2D eigenvalue weighted by molar-refractivity contribution is 5.94. The minimum atomic E-state index is 0.0351. The van der Waals surface area contributed by atoms with Crippen molar-refractivity contribution >= 4 is 11.8 Å². The third kappa shape index (κ3) is 5.30. The van der Waals surface area contributed by atoms with Gasteiger partial charge in [0.15, 0.2) is 6.61 Å². The molecule has 0 N–H and O–H groups in total. The zero-order valence-corrected chi connectivity index (χ0v) is 18.3. The number of ether oxygens (including phenoxy) is 1. The number of benzene rings is 1. The molecule has 0 spiro atoms. The van der Waals surface area contributed by atoms with Crippen LogP contribution in [0.2, 0.25) is 0 Å². The molecule has 2 fully saturated rings. The zero-order chi connectivity index (χ0) is 21.0. The van der Waals surface area contributed by atoms with Crippen LogP contribution in [-0.4, -0.2) is 77.4 Å². The van der Waals surface area contributed by atoms with Gasteiger partial charge in [0.1, 0.15) is 5.75 Å². The fraction of sp³-hybridized carbons (Fsp3) is 0.652. The summed E-state index contributed by atoms with van der Waals surface area (Å²) in [6, 6.07) is 8.22. The number of rotatable bonds is 5. The topological polar surface area (TPSA) is 53.1 Å². The molecule has 2 saturated heterocycles. The molecular formula is C23H35N3O3. The number of amides is 2. The Hall–Kier alpha value is -2.08. The fourth-order valence-electron chi connectivity index (χ4n) is 4.45. The first-order valence-corrected chi connectivity index (χ1v) is 10.9. The Balaban J connectivity index is 1.51. The summed E-state index contributed by atoms with van der Waals surface area (Å²) >= 11 is 0. The normalized spacial score (nSPS) is 23.3. The van der Waals surface area contributed by atoms with E-state index in [9.17, 15) is 9.59 Å². The van der Waals surface area contributed by atoms with Gasteiger partial charge >= 0.3 is 0 Å². The molecule has 6 nitrogen and oxygen atoms in total. The second-order valence-electron chi connectivity index (χ2n) is 8.66. The van der Waals surface area contributed by atoms with Gasteiger partial charge in [0.2, 0.25) is 0 Å². The molecule has 6 heteroatoms. The highest BCUT2D eigenvalue weighted by atomic mass is 16.5. The van der Waals surface area contributed by atoms with Crippen molar-refractivity contribution in [2.45, 2.75) is 65.1 Å². The van der Waals surface area contributed by atoms with E-state index >= 15 is 0 Å². The summed E-state index contributed by atoms with van der Waals surface area (Å²) in [5.74, 6) is 0.719. The third-order valence-electron chi connectivity index (χ3n) is 6.28. The molecule has 0 radical (unpaired) electrons. The molecule has 1 aromatic rings. The molecule has 2 aliphatic heterocycles. The Kier molecular flexibility index (Phi) is 7.17. The zero-order valence-electron chi connectivity index (χ0n) is 18.3. The van der Waals surface area contributed by atoms with E-state index in [1.165, 1.54) is 6.42 Å². The molecule has 29 heavy (non-hydrogen) atoms. The smallest absolute Gasteiger partial charge is 0.260 e. The first kappa shape index (κ1) is 21.6. The minimum Gasteiger partial charge on any atom is -0.484 e. The minimum absolute atomic E-state index is 0.0351. The molecule has 0 saturated carbocycles. The van der Waals surface area contributed by atoms with Crippen LogP contribution in [0.1, 0.15) is 57.3 Å². The molecule has 2 aliphatic rings. The summed E-state index contributed by atoms with van der Waals surface area (Å²) in [5, 5.41) is 0. The molecule has 160 valence electrons. The van der Waals surface area contributed by atoms with E-state index in [0.717, 1.165) is 39.0 Å². The molecule has 0 aromatic heterocycles. The lowest BCUT2D eigenvalue weighted by molar-refractivity contribution is -0.139. The maximum Gasteiger partial charge on any atom is 0.260 e. The Morgan fingerprint density at radius 1 is 1.00 bits per heavy atom. The lowest BCUT2D eigenvalue weighted by Gasteiger charge is -2.39. The van der Waals surface area contributed by atoms with E-state index in [0.29, 0.717) is 17.4 Å². The van der Waals surface area contributed by atoms with E-state index in [4.69, 9.17) is 4.74 Å². The SMILES string of the molecule is CC(C)N1CCN(C(=O)c2ccc(OCC(=O)N3C(C)CCCC3C)cc2)CC1. The number of carbonyl (C=O) groups is 2. The predicted octanol–water partition coefficient (Wildman–Crippen LogP) is 3.02. The first-order valence-electron chi connectivity index (χ1n) is 10.9. The van der Waals surface area contributed by atoms with Crippen molar-refractivity contribution in [3.63, 3.8) is 0 Å². The Morgan fingerprint density at radius 2 is 1.59 bits per heavy atom. The van der Waals surface area contributed by atoms with Gasteiger partial charge < -0.3 is 14.5 Å².